The molecule has 0 fully saturated rings. The normalized spacial score (nSPS) is 15.4. The Morgan fingerprint density at radius 1 is 1.19 bits per heavy atom. The molecule has 3 rings (SSSR count). The molecule has 112 valence electrons. The summed E-state index contributed by atoms with van der Waals surface area (Å²) in [5.41, 5.74) is 3.99. The molecule has 1 aromatic heterocycles. The summed E-state index contributed by atoms with van der Waals surface area (Å²) < 4.78 is 5.94. The second-order valence-corrected chi connectivity index (χ2v) is 5.89. The van der Waals surface area contributed by atoms with Crippen LogP contribution in [0.2, 0.25) is 0 Å². The smallest absolute Gasteiger partial charge is 0.134 e. The highest BCUT2D eigenvalue weighted by Crippen LogP contribution is 2.26. The third-order valence-electron chi connectivity index (χ3n) is 4.41. The van der Waals surface area contributed by atoms with E-state index in [9.17, 15) is 0 Å². The molecule has 2 heteroatoms. The maximum atomic E-state index is 5.94. The Hall–Kier alpha value is -1.54. The minimum atomic E-state index is 0.910. The second kappa shape index (κ2) is 6.95. The molecule has 0 spiro atoms. The molecule has 0 unspecified atom stereocenters. The third kappa shape index (κ3) is 3.38. The van der Waals surface area contributed by atoms with Crippen molar-refractivity contribution in [1.82, 2.24) is 5.32 Å². The first-order chi connectivity index (χ1) is 10.4. The Labute approximate surface area is 127 Å². The molecule has 1 aliphatic rings. The number of allylic oxidation sites excluding steroid dienone is 1. The van der Waals surface area contributed by atoms with Gasteiger partial charge in [0.05, 0.1) is 0 Å². The van der Waals surface area contributed by atoms with Gasteiger partial charge in [-0.2, -0.15) is 0 Å². The average Bonchev–Trinajstić information content (AvgIpc) is 2.90. The summed E-state index contributed by atoms with van der Waals surface area (Å²) in [6, 6.07) is 8.36. The first-order valence-electron chi connectivity index (χ1n) is 8.26. The van der Waals surface area contributed by atoms with Gasteiger partial charge >= 0.3 is 0 Å². The van der Waals surface area contributed by atoms with Crippen molar-refractivity contribution in [3.8, 4) is 0 Å². The molecule has 0 radical (unpaired) electrons. The first-order valence-corrected chi connectivity index (χ1v) is 8.26. The Balaban J connectivity index is 1.61. The van der Waals surface area contributed by atoms with Crippen LogP contribution >= 0.6 is 0 Å². The quantitative estimate of drug-likeness (QED) is 0.597. The minimum Gasteiger partial charge on any atom is -0.461 e. The molecule has 0 bridgehead atoms. The zero-order valence-electron chi connectivity index (χ0n) is 13.0. The summed E-state index contributed by atoms with van der Waals surface area (Å²) >= 11 is 0. The second-order valence-electron chi connectivity index (χ2n) is 5.89. The van der Waals surface area contributed by atoms with E-state index in [4.69, 9.17) is 4.42 Å². The van der Waals surface area contributed by atoms with Crippen LogP contribution in [0.3, 0.4) is 0 Å². The number of rotatable bonds is 6. The number of furan rings is 1. The molecule has 0 saturated carbocycles. The van der Waals surface area contributed by atoms with E-state index in [0.29, 0.717) is 0 Å². The molecular formula is C19H25NO. The highest BCUT2D eigenvalue weighted by molar-refractivity contribution is 5.82. The van der Waals surface area contributed by atoms with Crippen molar-refractivity contribution in [1.29, 1.82) is 0 Å². The predicted octanol–water partition coefficient (Wildman–Crippen LogP) is 4.98. The third-order valence-corrected chi connectivity index (χ3v) is 4.41. The highest BCUT2D eigenvalue weighted by atomic mass is 16.3. The van der Waals surface area contributed by atoms with Crippen LogP contribution in [0.4, 0.5) is 0 Å². The van der Waals surface area contributed by atoms with Gasteiger partial charge in [0.2, 0.25) is 0 Å². The topological polar surface area (TPSA) is 25.2 Å². The number of hydrogen-bond acceptors (Lipinski definition) is 2. The monoisotopic (exact) mass is 283 g/mol. The Morgan fingerprint density at radius 3 is 2.90 bits per heavy atom. The zero-order valence-corrected chi connectivity index (χ0v) is 13.0. The van der Waals surface area contributed by atoms with Crippen molar-refractivity contribution in [2.75, 3.05) is 6.54 Å². The highest BCUT2D eigenvalue weighted by Gasteiger charge is 2.11. The van der Waals surface area contributed by atoms with E-state index in [2.05, 4.69) is 36.5 Å². The molecule has 1 N–H and O–H groups in total. The van der Waals surface area contributed by atoms with Gasteiger partial charge in [0.15, 0.2) is 0 Å². The van der Waals surface area contributed by atoms with Gasteiger partial charge in [-0.25, -0.2) is 0 Å². The molecule has 2 aromatic rings. The van der Waals surface area contributed by atoms with Gasteiger partial charge in [0, 0.05) is 23.9 Å². The number of nitrogens with one attached hydrogen (secondary N) is 1. The fourth-order valence-electron chi connectivity index (χ4n) is 3.22. The van der Waals surface area contributed by atoms with Gasteiger partial charge < -0.3 is 9.73 Å². The fraction of sp³-hybridized carbons (Fsp3) is 0.474. The van der Waals surface area contributed by atoms with Crippen LogP contribution in [0.25, 0.3) is 11.0 Å². The largest absolute Gasteiger partial charge is 0.461 e. The zero-order chi connectivity index (χ0) is 14.5. The lowest BCUT2D eigenvalue weighted by atomic mass is 9.97. The van der Waals surface area contributed by atoms with Crippen LogP contribution in [0.5, 0.6) is 0 Å². The van der Waals surface area contributed by atoms with E-state index in [1.54, 1.807) is 5.57 Å². The molecular weight excluding hydrogens is 258 g/mol. The van der Waals surface area contributed by atoms with Gasteiger partial charge in [-0.05, 0) is 44.7 Å². The maximum Gasteiger partial charge on any atom is 0.134 e. The number of aryl methyl sites for hydroxylation is 1. The van der Waals surface area contributed by atoms with Crippen molar-refractivity contribution in [3.63, 3.8) is 0 Å². The summed E-state index contributed by atoms with van der Waals surface area (Å²) in [5, 5.41) is 4.86. The molecule has 1 aromatic carbocycles. The van der Waals surface area contributed by atoms with E-state index in [1.807, 2.05) is 6.07 Å². The summed E-state index contributed by atoms with van der Waals surface area (Å²) in [7, 11) is 0. The number of hydrogen-bond donors (Lipinski definition) is 1. The fourth-order valence-corrected chi connectivity index (χ4v) is 3.22. The lowest BCUT2D eigenvalue weighted by Gasteiger charge is -2.13. The number of fused-ring (bicyclic) bond motifs is 1. The lowest BCUT2D eigenvalue weighted by Crippen LogP contribution is -2.16. The van der Waals surface area contributed by atoms with E-state index in [1.165, 1.54) is 43.1 Å². The lowest BCUT2D eigenvalue weighted by molar-refractivity contribution is 0.543. The van der Waals surface area contributed by atoms with Crippen LogP contribution in [-0.4, -0.2) is 6.54 Å². The SMILES string of the molecule is CCc1oc2ccccc2c1CNCCC1=CCCCC1. The number of para-hydroxylation sites is 1. The van der Waals surface area contributed by atoms with Crippen molar-refractivity contribution in [2.45, 2.75) is 52.0 Å². The van der Waals surface area contributed by atoms with Crippen LogP contribution in [0.1, 0.15) is 50.4 Å². The van der Waals surface area contributed by atoms with Crippen molar-refractivity contribution in [2.24, 2.45) is 0 Å². The molecule has 0 atom stereocenters. The van der Waals surface area contributed by atoms with E-state index >= 15 is 0 Å². The van der Waals surface area contributed by atoms with Crippen LogP contribution < -0.4 is 5.32 Å². The van der Waals surface area contributed by atoms with Gasteiger partial charge in [-0.3, -0.25) is 0 Å². The maximum absolute atomic E-state index is 5.94. The van der Waals surface area contributed by atoms with E-state index in [-0.39, 0.29) is 0 Å². The Morgan fingerprint density at radius 2 is 2.10 bits per heavy atom. The Bertz CT molecular complexity index is 624. The molecule has 1 heterocycles. The summed E-state index contributed by atoms with van der Waals surface area (Å²) in [5.74, 6) is 1.13. The predicted molar refractivity (Wildman–Crippen MR) is 88.5 cm³/mol. The summed E-state index contributed by atoms with van der Waals surface area (Å²) in [6.07, 6.45) is 9.91. The Kier molecular flexibility index (Phi) is 4.76. The first kappa shape index (κ1) is 14.4. The average molecular weight is 283 g/mol. The van der Waals surface area contributed by atoms with Gasteiger partial charge in [-0.1, -0.05) is 36.8 Å². The van der Waals surface area contributed by atoms with Crippen molar-refractivity contribution >= 4 is 11.0 Å². The van der Waals surface area contributed by atoms with Crippen LogP contribution in [0, 0.1) is 0 Å². The molecule has 21 heavy (non-hydrogen) atoms. The van der Waals surface area contributed by atoms with Crippen LogP contribution in [-0.2, 0) is 13.0 Å². The number of benzene rings is 1. The summed E-state index contributed by atoms with van der Waals surface area (Å²) in [6.45, 7) is 4.13. The molecule has 0 saturated heterocycles. The summed E-state index contributed by atoms with van der Waals surface area (Å²) in [4.78, 5) is 0. The minimum absolute atomic E-state index is 0.910. The van der Waals surface area contributed by atoms with Crippen LogP contribution in [0.15, 0.2) is 40.3 Å². The molecule has 2 nitrogen and oxygen atoms in total. The molecule has 0 aliphatic heterocycles. The van der Waals surface area contributed by atoms with Crippen molar-refractivity contribution < 1.29 is 4.42 Å². The molecule has 0 amide bonds. The van der Waals surface area contributed by atoms with Crippen molar-refractivity contribution in [3.05, 3.63) is 47.2 Å². The van der Waals surface area contributed by atoms with E-state index in [0.717, 1.165) is 30.9 Å². The van der Waals surface area contributed by atoms with Gasteiger partial charge in [-0.15, -0.1) is 0 Å². The standard InChI is InChI=1S/C19H25NO/c1-2-18-17(16-10-6-7-11-19(16)21-18)14-20-13-12-15-8-4-3-5-9-15/h6-8,10-11,20H,2-5,9,12-14H2,1H3. The van der Waals surface area contributed by atoms with E-state index < -0.39 is 0 Å². The van der Waals surface area contributed by atoms with Gasteiger partial charge in [0.1, 0.15) is 11.3 Å². The molecule has 1 aliphatic carbocycles. The van der Waals surface area contributed by atoms with Gasteiger partial charge in [0.25, 0.3) is 0 Å².